The molecule has 18 heavy (non-hydrogen) atoms. The van der Waals surface area contributed by atoms with Crippen LogP contribution in [0.25, 0.3) is 0 Å². The molecule has 3 rings (SSSR count). The van der Waals surface area contributed by atoms with Crippen molar-refractivity contribution in [1.82, 2.24) is 9.78 Å². The van der Waals surface area contributed by atoms with Gasteiger partial charge in [0.25, 0.3) is 0 Å². The zero-order valence-electron chi connectivity index (χ0n) is 10.8. The summed E-state index contributed by atoms with van der Waals surface area (Å²) in [6.07, 6.45) is 6.55. The quantitative estimate of drug-likeness (QED) is 0.864. The minimum atomic E-state index is -0.770. The molecule has 1 aromatic heterocycles. The van der Waals surface area contributed by atoms with E-state index in [0.717, 1.165) is 24.9 Å². The predicted molar refractivity (Wildman–Crippen MR) is 64.9 cm³/mol. The van der Waals surface area contributed by atoms with Crippen LogP contribution in [0.2, 0.25) is 0 Å². The summed E-state index contributed by atoms with van der Waals surface area (Å²) in [5, 5.41) is 15.0. The van der Waals surface area contributed by atoms with Gasteiger partial charge in [-0.05, 0) is 19.8 Å². The van der Waals surface area contributed by atoms with E-state index >= 15 is 0 Å². The highest BCUT2D eigenvalue weighted by Crippen LogP contribution is 2.44. The smallest absolute Gasteiger partial charge is 0.168 e. The normalized spacial score (nSPS) is 25.7. The Bertz CT molecular complexity index is 414. The van der Waals surface area contributed by atoms with Gasteiger partial charge in [-0.15, -0.1) is 0 Å². The molecule has 0 atom stereocenters. The Balaban J connectivity index is 1.73. The first kappa shape index (κ1) is 12.1. The molecule has 2 aliphatic rings. The summed E-state index contributed by atoms with van der Waals surface area (Å²) in [6.45, 7) is 4.21. The number of nitrogens with zero attached hydrogens (tertiary/aromatic N) is 2. The lowest BCUT2D eigenvalue weighted by Crippen LogP contribution is -2.41. The summed E-state index contributed by atoms with van der Waals surface area (Å²) in [5.41, 5.74) is 0.144. The van der Waals surface area contributed by atoms with Crippen molar-refractivity contribution in [3.8, 4) is 0 Å². The summed E-state index contributed by atoms with van der Waals surface area (Å²) in [4.78, 5) is 0. The molecule has 1 saturated heterocycles. The fraction of sp³-hybridized carbons (Fsp3) is 0.769. The number of aliphatic hydroxyl groups is 1. The van der Waals surface area contributed by atoms with Crippen molar-refractivity contribution in [2.24, 2.45) is 0 Å². The van der Waals surface area contributed by atoms with Crippen LogP contribution in [0.1, 0.15) is 38.2 Å². The van der Waals surface area contributed by atoms with Gasteiger partial charge in [-0.3, -0.25) is 4.68 Å². The van der Waals surface area contributed by atoms with E-state index in [2.05, 4.69) is 5.10 Å². The van der Waals surface area contributed by atoms with Gasteiger partial charge in [0.05, 0.1) is 25.0 Å². The molecular formula is C13H20N2O3. The average Bonchev–Trinajstić information content (AvgIpc) is 3.04. The van der Waals surface area contributed by atoms with Crippen LogP contribution in [0.3, 0.4) is 0 Å². The summed E-state index contributed by atoms with van der Waals surface area (Å²) in [6, 6.07) is 0. The molecule has 1 aromatic rings. The highest BCUT2D eigenvalue weighted by Gasteiger charge is 2.46. The number of hydrogen-bond donors (Lipinski definition) is 1. The third-order valence-electron chi connectivity index (χ3n) is 4.15. The molecule has 5 heteroatoms. The summed E-state index contributed by atoms with van der Waals surface area (Å²) in [7, 11) is 0. The fourth-order valence-electron chi connectivity index (χ4n) is 2.90. The monoisotopic (exact) mass is 252 g/mol. The lowest BCUT2D eigenvalue weighted by molar-refractivity contribution is -0.204. The Kier molecular flexibility index (Phi) is 2.92. The summed E-state index contributed by atoms with van der Waals surface area (Å²) < 4.78 is 13.2. The molecular weight excluding hydrogens is 232 g/mol. The van der Waals surface area contributed by atoms with Crippen molar-refractivity contribution in [2.75, 3.05) is 13.2 Å². The van der Waals surface area contributed by atoms with Gasteiger partial charge >= 0.3 is 0 Å². The number of hydrogen-bond acceptors (Lipinski definition) is 4. The summed E-state index contributed by atoms with van der Waals surface area (Å²) >= 11 is 0. The van der Waals surface area contributed by atoms with Crippen molar-refractivity contribution in [3.63, 3.8) is 0 Å². The van der Waals surface area contributed by atoms with Crippen molar-refractivity contribution in [1.29, 1.82) is 0 Å². The average molecular weight is 252 g/mol. The maximum atomic E-state index is 10.7. The van der Waals surface area contributed by atoms with Crippen molar-refractivity contribution < 1.29 is 14.6 Å². The lowest BCUT2D eigenvalue weighted by Gasteiger charge is -2.40. The Morgan fingerprint density at radius 3 is 2.50 bits per heavy atom. The molecule has 0 unspecified atom stereocenters. The predicted octanol–water partition coefficient (Wildman–Crippen LogP) is 1.41. The van der Waals surface area contributed by atoms with Crippen LogP contribution in [-0.2, 0) is 21.6 Å². The van der Waals surface area contributed by atoms with Crippen LogP contribution in [0.5, 0.6) is 0 Å². The molecule has 0 bridgehead atoms. The highest BCUT2D eigenvalue weighted by atomic mass is 16.7. The van der Waals surface area contributed by atoms with Crippen molar-refractivity contribution in [3.05, 3.63) is 18.0 Å². The molecule has 1 saturated carbocycles. The van der Waals surface area contributed by atoms with Gasteiger partial charge in [0.15, 0.2) is 5.79 Å². The maximum Gasteiger partial charge on any atom is 0.168 e. The van der Waals surface area contributed by atoms with Gasteiger partial charge in [0.2, 0.25) is 0 Å². The Morgan fingerprint density at radius 1 is 1.28 bits per heavy atom. The zero-order valence-corrected chi connectivity index (χ0v) is 10.8. The van der Waals surface area contributed by atoms with E-state index in [9.17, 15) is 5.11 Å². The largest absolute Gasteiger partial charge is 0.385 e. The van der Waals surface area contributed by atoms with Crippen LogP contribution >= 0.6 is 0 Å². The van der Waals surface area contributed by atoms with Gasteiger partial charge in [0, 0.05) is 31.1 Å². The number of rotatable bonds is 2. The Morgan fingerprint density at radius 2 is 1.94 bits per heavy atom. The second kappa shape index (κ2) is 4.33. The number of ether oxygens (including phenoxy) is 2. The molecule has 2 heterocycles. The third-order valence-corrected chi connectivity index (χ3v) is 4.15. The van der Waals surface area contributed by atoms with Crippen LogP contribution in [-0.4, -0.2) is 33.9 Å². The topological polar surface area (TPSA) is 56.5 Å². The van der Waals surface area contributed by atoms with E-state index in [4.69, 9.17) is 9.47 Å². The van der Waals surface area contributed by atoms with Gasteiger partial charge in [0.1, 0.15) is 0 Å². The molecule has 1 aliphatic carbocycles. The lowest BCUT2D eigenvalue weighted by atomic mass is 9.78. The first-order valence-corrected chi connectivity index (χ1v) is 6.69. The van der Waals surface area contributed by atoms with Gasteiger partial charge in [-0.2, -0.15) is 5.10 Å². The first-order valence-electron chi connectivity index (χ1n) is 6.69. The zero-order chi connectivity index (χ0) is 12.6. The minimum absolute atomic E-state index is 0.424. The molecule has 0 aromatic carbocycles. The van der Waals surface area contributed by atoms with E-state index in [0.29, 0.717) is 26.1 Å². The van der Waals surface area contributed by atoms with Crippen LogP contribution in [0.15, 0.2) is 12.4 Å². The van der Waals surface area contributed by atoms with E-state index in [1.807, 2.05) is 17.8 Å². The van der Waals surface area contributed by atoms with Gasteiger partial charge in [-0.25, -0.2) is 0 Å². The molecule has 5 nitrogen and oxygen atoms in total. The number of aryl methyl sites for hydroxylation is 1. The Hall–Kier alpha value is -0.910. The minimum Gasteiger partial charge on any atom is -0.385 e. The second-order valence-corrected chi connectivity index (χ2v) is 5.22. The van der Waals surface area contributed by atoms with E-state index < -0.39 is 11.4 Å². The molecule has 2 fully saturated rings. The SMILES string of the molecule is CCn1cc(C2(O)CCC3(CC2)OCCO3)cn1. The molecule has 0 amide bonds. The molecule has 100 valence electrons. The molecule has 1 N–H and O–H groups in total. The number of aromatic nitrogens is 2. The van der Waals surface area contributed by atoms with E-state index in [1.165, 1.54) is 0 Å². The van der Waals surface area contributed by atoms with Crippen molar-refractivity contribution in [2.45, 2.75) is 50.5 Å². The van der Waals surface area contributed by atoms with E-state index in [1.54, 1.807) is 6.20 Å². The second-order valence-electron chi connectivity index (χ2n) is 5.22. The van der Waals surface area contributed by atoms with Crippen LogP contribution in [0, 0.1) is 0 Å². The first-order chi connectivity index (χ1) is 8.66. The van der Waals surface area contributed by atoms with Crippen LogP contribution in [0.4, 0.5) is 0 Å². The van der Waals surface area contributed by atoms with Crippen LogP contribution < -0.4 is 0 Å². The van der Waals surface area contributed by atoms with E-state index in [-0.39, 0.29) is 0 Å². The fourth-order valence-corrected chi connectivity index (χ4v) is 2.90. The van der Waals surface area contributed by atoms with Gasteiger partial charge < -0.3 is 14.6 Å². The van der Waals surface area contributed by atoms with Gasteiger partial charge in [-0.1, -0.05) is 0 Å². The third kappa shape index (κ3) is 1.96. The molecule has 0 radical (unpaired) electrons. The maximum absolute atomic E-state index is 10.7. The molecule has 1 aliphatic heterocycles. The summed E-state index contributed by atoms with van der Waals surface area (Å²) in [5.74, 6) is -0.424. The standard InChI is InChI=1S/C13H20N2O3/c1-2-15-10-11(9-14-15)12(16)3-5-13(6-4-12)17-7-8-18-13/h9-10,16H,2-8H2,1H3. The van der Waals surface area contributed by atoms with Crippen molar-refractivity contribution >= 4 is 0 Å². The Labute approximate surface area is 107 Å². The molecule has 1 spiro atoms. The highest BCUT2D eigenvalue weighted by molar-refractivity contribution is 5.17.